The van der Waals surface area contributed by atoms with E-state index < -0.39 is 6.09 Å². The fourth-order valence-corrected chi connectivity index (χ4v) is 3.56. The molecule has 2 aliphatic rings. The Hall–Kier alpha value is -2.87. The Morgan fingerprint density at radius 2 is 2.08 bits per heavy atom. The SMILES string of the molecule is CCOc1ccc2oc3c(c2c1)CN(N)C=C3N1CCN(C(=O)O)CC1. The smallest absolute Gasteiger partial charge is 0.407 e. The van der Waals surface area contributed by atoms with Crippen molar-refractivity contribution in [2.45, 2.75) is 13.5 Å². The number of hydrogen-bond donors (Lipinski definition) is 2. The van der Waals surface area contributed by atoms with Crippen molar-refractivity contribution in [3.8, 4) is 5.75 Å². The number of ether oxygens (including phenoxy) is 1. The molecule has 1 amide bonds. The summed E-state index contributed by atoms with van der Waals surface area (Å²) in [6.07, 6.45) is 0.987. The Bertz CT molecular complexity index is 867. The van der Waals surface area contributed by atoms with Gasteiger partial charge in [-0.05, 0) is 25.1 Å². The molecule has 0 unspecified atom stereocenters. The van der Waals surface area contributed by atoms with Gasteiger partial charge in [0.1, 0.15) is 11.3 Å². The third-order valence-electron chi connectivity index (χ3n) is 4.83. The number of rotatable bonds is 3. The van der Waals surface area contributed by atoms with Gasteiger partial charge in [0.05, 0.1) is 18.8 Å². The van der Waals surface area contributed by atoms with Crippen LogP contribution in [0.2, 0.25) is 0 Å². The molecule has 26 heavy (non-hydrogen) atoms. The number of nitrogens with two attached hydrogens (primary N) is 1. The van der Waals surface area contributed by atoms with E-state index in [1.54, 1.807) is 5.01 Å². The van der Waals surface area contributed by atoms with Crippen molar-refractivity contribution in [2.24, 2.45) is 5.84 Å². The Kier molecular flexibility index (Phi) is 4.12. The van der Waals surface area contributed by atoms with Crippen molar-refractivity contribution < 1.29 is 19.1 Å². The fraction of sp³-hybridized carbons (Fsp3) is 0.389. The van der Waals surface area contributed by atoms with Crippen molar-refractivity contribution in [3.05, 3.63) is 35.7 Å². The second kappa shape index (κ2) is 6.45. The predicted octanol–water partition coefficient (Wildman–Crippen LogP) is 2.11. The van der Waals surface area contributed by atoms with E-state index in [1.807, 2.05) is 31.3 Å². The van der Waals surface area contributed by atoms with Gasteiger partial charge in [0, 0.05) is 43.3 Å². The zero-order chi connectivity index (χ0) is 18.3. The summed E-state index contributed by atoms with van der Waals surface area (Å²) < 4.78 is 11.7. The summed E-state index contributed by atoms with van der Waals surface area (Å²) in [5, 5.41) is 11.8. The van der Waals surface area contributed by atoms with Gasteiger partial charge in [-0.25, -0.2) is 10.6 Å². The lowest BCUT2D eigenvalue weighted by Crippen LogP contribution is -2.48. The van der Waals surface area contributed by atoms with E-state index in [1.165, 1.54) is 4.90 Å². The first kappa shape index (κ1) is 16.6. The second-order valence-electron chi connectivity index (χ2n) is 6.44. The van der Waals surface area contributed by atoms with Gasteiger partial charge >= 0.3 is 6.09 Å². The molecular formula is C18H22N4O4. The molecule has 3 N–H and O–H groups in total. The number of furan rings is 1. The van der Waals surface area contributed by atoms with Crippen LogP contribution in [0.5, 0.6) is 5.75 Å². The van der Waals surface area contributed by atoms with Crippen molar-refractivity contribution in [1.82, 2.24) is 14.8 Å². The number of benzene rings is 1. The molecule has 2 aromatic rings. The summed E-state index contributed by atoms with van der Waals surface area (Å²) in [4.78, 5) is 14.7. The minimum absolute atomic E-state index is 0.460. The maximum atomic E-state index is 11.1. The van der Waals surface area contributed by atoms with Crippen molar-refractivity contribution >= 4 is 22.8 Å². The molecule has 1 saturated heterocycles. The van der Waals surface area contributed by atoms with Crippen LogP contribution in [0.3, 0.4) is 0 Å². The standard InChI is InChI=1S/C18H22N4O4/c1-2-25-12-3-4-16-13(9-12)14-10-22(19)11-15(17(14)26-16)20-5-7-21(8-6-20)18(23)24/h3-4,9,11H,2,5-8,10,19H2,1H3,(H,23,24). The number of hydrazine groups is 1. The average molecular weight is 358 g/mol. The molecule has 1 fully saturated rings. The number of piperazine rings is 1. The van der Waals surface area contributed by atoms with Gasteiger partial charge in [-0.2, -0.15) is 0 Å². The van der Waals surface area contributed by atoms with Crippen LogP contribution >= 0.6 is 0 Å². The van der Waals surface area contributed by atoms with E-state index in [9.17, 15) is 4.79 Å². The maximum absolute atomic E-state index is 11.1. The molecule has 0 spiro atoms. The van der Waals surface area contributed by atoms with Crippen LogP contribution in [0.1, 0.15) is 18.2 Å². The van der Waals surface area contributed by atoms with Crippen LogP contribution in [-0.2, 0) is 6.54 Å². The molecule has 2 aliphatic heterocycles. The summed E-state index contributed by atoms with van der Waals surface area (Å²) in [6, 6.07) is 5.80. The monoisotopic (exact) mass is 358 g/mol. The zero-order valence-corrected chi connectivity index (χ0v) is 14.6. The highest BCUT2D eigenvalue weighted by Crippen LogP contribution is 2.37. The van der Waals surface area contributed by atoms with Gasteiger partial charge < -0.3 is 29.1 Å². The Balaban J connectivity index is 1.68. The predicted molar refractivity (Wildman–Crippen MR) is 96.3 cm³/mol. The number of fused-ring (bicyclic) bond motifs is 3. The first-order valence-electron chi connectivity index (χ1n) is 8.71. The molecule has 138 valence electrons. The molecule has 8 nitrogen and oxygen atoms in total. The topological polar surface area (TPSA) is 95.4 Å². The van der Waals surface area contributed by atoms with Gasteiger partial charge in [-0.3, -0.25) is 0 Å². The van der Waals surface area contributed by atoms with Crippen LogP contribution in [0.25, 0.3) is 16.7 Å². The van der Waals surface area contributed by atoms with Gasteiger partial charge in [0.15, 0.2) is 5.76 Å². The van der Waals surface area contributed by atoms with Gasteiger partial charge in [0.2, 0.25) is 0 Å². The summed E-state index contributed by atoms with van der Waals surface area (Å²) in [7, 11) is 0. The van der Waals surface area contributed by atoms with Crippen molar-refractivity contribution in [2.75, 3.05) is 32.8 Å². The highest BCUT2D eigenvalue weighted by atomic mass is 16.5. The number of hydrogen-bond acceptors (Lipinski definition) is 6. The normalized spacial score (nSPS) is 17.3. The van der Waals surface area contributed by atoms with E-state index in [2.05, 4.69) is 4.90 Å². The zero-order valence-electron chi connectivity index (χ0n) is 14.6. The molecular weight excluding hydrogens is 336 g/mol. The van der Waals surface area contributed by atoms with Crippen LogP contribution in [0, 0.1) is 0 Å². The number of carboxylic acid groups (broad SMARTS) is 1. The van der Waals surface area contributed by atoms with Crippen LogP contribution in [0.4, 0.5) is 4.79 Å². The summed E-state index contributed by atoms with van der Waals surface area (Å²) in [5.74, 6) is 7.73. The van der Waals surface area contributed by atoms with Crippen LogP contribution in [-0.4, -0.2) is 58.8 Å². The molecule has 8 heteroatoms. The van der Waals surface area contributed by atoms with Crippen LogP contribution in [0.15, 0.2) is 28.8 Å². The second-order valence-corrected chi connectivity index (χ2v) is 6.44. The van der Waals surface area contributed by atoms with E-state index in [4.69, 9.17) is 20.1 Å². The lowest BCUT2D eigenvalue weighted by molar-refractivity contribution is 0.121. The van der Waals surface area contributed by atoms with E-state index in [0.29, 0.717) is 39.3 Å². The molecule has 0 aliphatic carbocycles. The molecule has 0 bridgehead atoms. The minimum Gasteiger partial charge on any atom is -0.494 e. The molecule has 4 rings (SSSR count). The lowest BCUT2D eigenvalue weighted by atomic mass is 10.1. The van der Waals surface area contributed by atoms with Crippen LogP contribution < -0.4 is 10.6 Å². The van der Waals surface area contributed by atoms with Gasteiger partial charge in [-0.15, -0.1) is 0 Å². The Morgan fingerprint density at radius 1 is 1.31 bits per heavy atom. The first-order valence-corrected chi connectivity index (χ1v) is 8.71. The highest BCUT2D eigenvalue weighted by molar-refractivity contribution is 5.88. The Labute approximate surface area is 151 Å². The fourth-order valence-electron chi connectivity index (χ4n) is 3.56. The first-order chi connectivity index (χ1) is 12.6. The minimum atomic E-state index is -0.879. The van der Waals surface area contributed by atoms with E-state index in [-0.39, 0.29) is 0 Å². The Morgan fingerprint density at radius 3 is 2.77 bits per heavy atom. The van der Waals surface area contributed by atoms with Crippen molar-refractivity contribution in [1.29, 1.82) is 0 Å². The van der Waals surface area contributed by atoms with Gasteiger partial charge in [-0.1, -0.05) is 0 Å². The molecule has 1 aromatic heterocycles. The van der Waals surface area contributed by atoms with Crippen molar-refractivity contribution in [3.63, 3.8) is 0 Å². The molecule has 0 saturated carbocycles. The number of amides is 1. The quantitative estimate of drug-likeness (QED) is 0.811. The maximum Gasteiger partial charge on any atom is 0.407 e. The summed E-state index contributed by atoms with van der Waals surface area (Å²) in [6.45, 7) is 5.24. The van der Waals surface area contributed by atoms with Gasteiger partial charge in [0.25, 0.3) is 0 Å². The highest BCUT2D eigenvalue weighted by Gasteiger charge is 2.30. The summed E-state index contributed by atoms with van der Waals surface area (Å²) >= 11 is 0. The molecule has 1 aromatic carbocycles. The van der Waals surface area contributed by atoms with E-state index in [0.717, 1.165) is 33.7 Å². The average Bonchev–Trinajstić information content (AvgIpc) is 2.99. The molecule has 3 heterocycles. The third kappa shape index (κ3) is 2.82. The number of carbonyl (C=O) groups is 1. The molecule has 0 atom stereocenters. The number of nitrogens with zero attached hydrogens (tertiary/aromatic N) is 3. The lowest BCUT2D eigenvalue weighted by Gasteiger charge is -2.37. The van der Waals surface area contributed by atoms with E-state index >= 15 is 0 Å². The summed E-state index contributed by atoms with van der Waals surface area (Å²) in [5.41, 5.74) is 2.72. The largest absolute Gasteiger partial charge is 0.494 e. The third-order valence-corrected chi connectivity index (χ3v) is 4.83. The molecule has 0 radical (unpaired) electrons.